The first-order valence-corrected chi connectivity index (χ1v) is 5.79. The average molecular weight is 276 g/mol. The molecule has 0 aliphatic heterocycles. The van der Waals surface area contributed by atoms with Crippen LogP contribution in [-0.4, -0.2) is 15.1 Å². The summed E-state index contributed by atoms with van der Waals surface area (Å²) in [5.41, 5.74) is 0. The van der Waals surface area contributed by atoms with E-state index in [-0.39, 0.29) is 10.6 Å². The lowest BCUT2D eigenvalue weighted by atomic mass is 10.9. The van der Waals surface area contributed by atoms with Crippen LogP contribution in [0, 0.1) is 0 Å². The van der Waals surface area contributed by atoms with Crippen LogP contribution in [0.4, 0.5) is 0 Å². The van der Waals surface area contributed by atoms with Crippen LogP contribution in [0.25, 0.3) is 0 Å². The molecular weight excluding hydrogens is 274 g/mol. The number of rotatable bonds is 1. The summed E-state index contributed by atoms with van der Waals surface area (Å²) in [5, 5.41) is -0.112. The molecule has 0 spiro atoms. The highest BCUT2D eigenvalue weighted by atomic mass is 79.9. The Labute approximate surface area is 78.2 Å². The topological polar surface area (TPSA) is 40.1 Å². The van der Waals surface area contributed by atoms with E-state index >= 15 is 0 Å². The fourth-order valence-electron chi connectivity index (χ4n) is 0. The molecule has 9 heavy (non-hydrogen) atoms. The molecule has 0 aliphatic carbocycles. The van der Waals surface area contributed by atoms with E-state index in [4.69, 9.17) is 16.2 Å². The highest BCUT2D eigenvalue weighted by molar-refractivity contribution is 9.09. The molecule has 56 valence electrons. The zero-order chi connectivity index (χ0) is 7.86. The van der Waals surface area contributed by atoms with Crippen LogP contribution in [0.5, 0.6) is 0 Å². The van der Waals surface area contributed by atoms with E-state index in [2.05, 4.69) is 37.3 Å². The number of alkyl halides is 1. The van der Waals surface area contributed by atoms with Crippen molar-refractivity contribution in [3.05, 3.63) is 0 Å². The van der Waals surface area contributed by atoms with Gasteiger partial charge in [-0.1, -0.05) is 15.9 Å². The first-order chi connectivity index (χ1) is 4.00. The van der Waals surface area contributed by atoms with Crippen LogP contribution in [0.15, 0.2) is 0 Å². The molecule has 0 saturated carbocycles. The van der Waals surface area contributed by atoms with E-state index in [1.165, 1.54) is 0 Å². The monoisotopic (exact) mass is 274 g/mol. The first-order valence-electron chi connectivity index (χ1n) is 1.49. The molecule has 0 unspecified atom stereocenters. The third kappa shape index (κ3) is 45.2. The molecule has 0 bridgehead atoms. The van der Waals surface area contributed by atoms with E-state index in [0.717, 1.165) is 0 Å². The van der Waals surface area contributed by atoms with Gasteiger partial charge in [0, 0.05) is 0 Å². The molecule has 7 heteroatoms. The van der Waals surface area contributed by atoms with Crippen LogP contribution in [0.1, 0.15) is 0 Å². The molecule has 0 aromatic heterocycles. The number of hydrogen-bond acceptors (Lipinski definition) is 2. The van der Waals surface area contributed by atoms with Gasteiger partial charge in [-0.3, -0.25) is 4.79 Å². The van der Waals surface area contributed by atoms with Gasteiger partial charge >= 0.3 is 0 Å². The summed E-state index contributed by atoms with van der Waals surface area (Å²) in [6.07, 6.45) is 0. The Morgan fingerprint density at radius 2 is 1.78 bits per heavy atom. The van der Waals surface area contributed by atoms with E-state index in [9.17, 15) is 4.79 Å². The number of hydrogen-bond donors (Lipinski definition) is 0. The fourth-order valence-corrected chi connectivity index (χ4v) is 0. The second kappa shape index (κ2) is 9.33. The van der Waals surface area contributed by atoms with Crippen molar-refractivity contribution in [3.63, 3.8) is 0 Å². The lowest BCUT2D eigenvalue weighted by molar-refractivity contribution is -0.109. The van der Waals surface area contributed by atoms with E-state index in [0.29, 0.717) is 0 Å². The fraction of sp³-hybridized carbons (Fsp3) is 0.500. The maximum Gasteiger partial charge on any atom is 0.232 e. The predicted molar refractivity (Wildman–Crippen MR) is 44.5 cm³/mol. The summed E-state index contributed by atoms with van der Waals surface area (Å²) >= 11 is 7.61. The zero-order valence-corrected chi connectivity index (χ0v) is 8.61. The van der Waals surface area contributed by atoms with Crippen molar-refractivity contribution in [2.75, 3.05) is 5.33 Å². The Balaban J connectivity index is 0. The van der Waals surface area contributed by atoms with Crippen LogP contribution < -0.4 is 0 Å². The van der Waals surface area contributed by atoms with Crippen LogP contribution in [0.2, 0.25) is 0 Å². The molecule has 0 rings (SSSR count). The van der Waals surface area contributed by atoms with Gasteiger partial charge in [-0.25, -0.2) is 0 Å². The Kier molecular flexibility index (Phi) is 13.4. The van der Waals surface area contributed by atoms with Crippen molar-refractivity contribution in [3.8, 4) is 0 Å². The number of carbonyl (C=O) groups is 1. The zero-order valence-electron chi connectivity index (χ0n) is 3.94. The Morgan fingerprint density at radius 3 is 1.78 bits per heavy atom. The standard InChI is InChI=1S/C2H2BrClO.Cl2OS/c3-1-2(4)5;1-4(2)3/h1H2;. The maximum absolute atomic E-state index is 9.53. The molecule has 0 N–H and O–H groups in total. The van der Waals surface area contributed by atoms with Gasteiger partial charge in [0.2, 0.25) is 5.24 Å². The van der Waals surface area contributed by atoms with Gasteiger partial charge in [-0.05, 0) is 11.6 Å². The summed E-state index contributed by atoms with van der Waals surface area (Å²) in [4.78, 5) is 9.53. The maximum atomic E-state index is 9.53. The SMILES string of the molecule is O=C(Cl)CBr.[O-][S+](Cl)Cl. The van der Waals surface area contributed by atoms with Gasteiger partial charge < -0.3 is 4.55 Å². The molecule has 0 saturated heterocycles. The lowest BCUT2D eigenvalue weighted by Crippen LogP contribution is -1.80. The summed E-state index contributed by atoms with van der Waals surface area (Å²) in [6.45, 7) is 0. The Morgan fingerprint density at radius 1 is 1.67 bits per heavy atom. The summed E-state index contributed by atoms with van der Waals surface area (Å²) in [5.74, 6) is 0. The minimum atomic E-state index is -1.67. The van der Waals surface area contributed by atoms with Gasteiger partial charge in [0.05, 0.1) is 5.33 Å². The Bertz CT molecular complexity index is 77.5. The van der Waals surface area contributed by atoms with Gasteiger partial charge in [-0.15, -0.1) is 0 Å². The minimum Gasteiger partial charge on any atom is -0.582 e. The average Bonchev–Trinajstić information content (AvgIpc) is 1.65. The highest BCUT2D eigenvalue weighted by Crippen LogP contribution is 1.98. The Hall–Kier alpha value is 1.33. The second-order valence-electron chi connectivity index (χ2n) is 0.673. The van der Waals surface area contributed by atoms with Gasteiger partial charge in [0.1, 0.15) is 0 Å². The molecule has 0 heterocycles. The predicted octanol–water partition coefficient (Wildman–Crippen LogP) is 2.19. The van der Waals surface area contributed by atoms with Gasteiger partial charge in [0.25, 0.3) is 0 Å². The molecule has 0 radical (unpaired) electrons. The molecule has 0 amide bonds. The second-order valence-corrected chi connectivity index (χ2v) is 4.18. The summed E-state index contributed by atoms with van der Waals surface area (Å²) in [6, 6.07) is 0. The lowest BCUT2D eigenvalue weighted by Gasteiger charge is -1.73. The largest absolute Gasteiger partial charge is 0.582 e. The highest BCUT2D eigenvalue weighted by Gasteiger charge is 1.83. The molecule has 0 aliphatic rings. The summed E-state index contributed by atoms with van der Waals surface area (Å²) in [7, 11) is 7.36. The summed E-state index contributed by atoms with van der Waals surface area (Å²) < 4.78 is 9.09. The van der Waals surface area contributed by atoms with Crippen molar-refractivity contribution >= 4 is 63.7 Å². The van der Waals surface area contributed by atoms with Crippen molar-refractivity contribution in [2.45, 2.75) is 0 Å². The van der Waals surface area contributed by atoms with Crippen molar-refractivity contribution in [1.82, 2.24) is 0 Å². The molecule has 2 nitrogen and oxygen atoms in total. The van der Waals surface area contributed by atoms with Crippen molar-refractivity contribution in [2.24, 2.45) is 0 Å². The molecule has 0 atom stereocenters. The van der Waals surface area contributed by atoms with Crippen LogP contribution in [0.3, 0.4) is 0 Å². The molecule has 0 aromatic rings. The molecule has 0 fully saturated rings. The molecular formula is C2H2BrCl3O2S. The number of carbonyl (C=O) groups excluding carboxylic acids is 1. The third-order valence-electron chi connectivity index (χ3n) is 0.105. The third-order valence-corrected chi connectivity index (χ3v) is 1.07. The van der Waals surface area contributed by atoms with Crippen LogP contribution >= 0.6 is 48.9 Å². The molecule has 0 aromatic carbocycles. The smallest absolute Gasteiger partial charge is 0.232 e. The van der Waals surface area contributed by atoms with E-state index < -0.39 is 9.60 Å². The van der Waals surface area contributed by atoms with E-state index in [1.807, 2.05) is 0 Å². The van der Waals surface area contributed by atoms with Gasteiger partial charge in [-0.2, -0.15) is 0 Å². The van der Waals surface area contributed by atoms with Crippen molar-refractivity contribution in [1.29, 1.82) is 0 Å². The van der Waals surface area contributed by atoms with Crippen molar-refractivity contribution < 1.29 is 9.35 Å². The van der Waals surface area contributed by atoms with E-state index in [1.54, 1.807) is 0 Å². The normalized spacial score (nSPS) is 8.22. The van der Waals surface area contributed by atoms with Crippen LogP contribution in [-0.2, 0) is 14.4 Å². The minimum absolute atomic E-state index is 0.245. The quantitative estimate of drug-likeness (QED) is 0.418. The number of halogens is 4. The van der Waals surface area contributed by atoms with Gasteiger partial charge in [0.15, 0.2) is 31.0 Å². The first kappa shape index (κ1) is 13.0.